The Labute approximate surface area is 294 Å². The average Bonchev–Trinajstić information content (AvgIpc) is 3.33. The van der Waals surface area contributed by atoms with E-state index in [2.05, 4.69) is 0 Å². The van der Waals surface area contributed by atoms with E-state index in [1.807, 2.05) is 0 Å². The molecule has 0 atom stereocenters. The fraction of sp³-hybridized carbons (Fsp3) is 0. The fourth-order valence-electron chi connectivity index (χ4n) is 5.23. The second-order valence-corrected chi connectivity index (χ2v) is 9.58. The Morgan fingerprint density at radius 1 is 0.295 bits per heavy atom. The Morgan fingerprint density at radius 2 is 0.773 bits per heavy atom. The molecule has 0 spiro atoms. The van der Waals surface area contributed by atoms with Crippen LogP contribution in [0.25, 0.3) is 87.2 Å². The van der Waals surface area contributed by atoms with Crippen LogP contribution in [-0.2, 0) is 0 Å². The predicted molar refractivity (Wildman–Crippen MR) is 190 cm³/mol. The summed E-state index contributed by atoms with van der Waals surface area (Å²) in [5, 5.41) is -6.45. The van der Waals surface area contributed by atoms with Gasteiger partial charge in [0.25, 0.3) is 0 Å². The quantitative estimate of drug-likeness (QED) is 0.181. The van der Waals surface area contributed by atoms with Crippen LogP contribution < -0.4 is 0 Å². The molecule has 9 rings (SSSR count). The third-order valence-electron chi connectivity index (χ3n) is 7.14. The van der Waals surface area contributed by atoms with Crippen LogP contribution in [0.15, 0.2) is 169 Å². The first kappa shape index (κ1) is 9.91. The molecule has 0 saturated carbocycles. The van der Waals surface area contributed by atoms with Crippen LogP contribution in [0.2, 0.25) is 0 Å². The monoisotopic (exact) mass is 583 g/mol. The summed E-state index contributed by atoms with van der Waals surface area (Å²) in [7, 11) is 0. The average molecular weight is 584 g/mol. The largest absolute Gasteiger partial charge is 0.0636 e. The zero-order chi connectivity index (χ0) is 52.5. The summed E-state index contributed by atoms with van der Waals surface area (Å²) in [6, 6.07) is -23.2. The van der Waals surface area contributed by atoms with E-state index < -0.39 is 250 Å². The minimum Gasteiger partial charge on any atom is -0.0616 e. The van der Waals surface area contributed by atoms with Crippen molar-refractivity contribution in [1.82, 2.24) is 0 Å². The molecule has 0 heteroatoms. The molecule has 0 N–H and O–H groups in total. The van der Waals surface area contributed by atoms with E-state index >= 15 is 0 Å². The van der Waals surface area contributed by atoms with Crippen LogP contribution in [0.5, 0.6) is 0 Å². The Morgan fingerprint density at radius 3 is 1.41 bits per heavy atom. The van der Waals surface area contributed by atoms with Crippen molar-refractivity contribution in [1.29, 1.82) is 0 Å². The maximum absolute atomic E-state index is 10.1. The molecule has 9 aromatic carbocycles. The van der Waals surface area contributed by atoms with Gasteiger partial charge in [-0.1, -0.05) is 151 Å². The number of rotatable bonds is 3. The van der Waals surface area contributed by atoms with Gasteiger partial charge in [0.1, 0.15) is 0 Å². The van der Waals surface area contributed by atoms with Gasteiger partial charge >= 0.3 is 0 Å². The minimum atomic E-state index is -1.00. The first-order valence-electron chi connectivity index (χ1n) is 26.6. The van der Waals surface area contributed by atoms with E-state index in [0.717, 1.165) is 6.07 Å². The van der Waals surface area contributed by atoms with Crippen LogP contribution in [0.3, 0.4) is 0 Å². The molecule has 0 aliphatic rings. The molecule has 0 bridgehead atoms. The van der Waals surface area contributed by atoms with E-state index in [9.17, 15) is 11.0 Å². The molecular weight excluding hydrogens is 528 g/mol. The Bertz CT molecular complexity index is 4060. The summed E-state index contributed by atoms with van der Waals surface area (Å²) in [4.78, 5) is 0. The molecule has 9 aromatic rings. The second-order valence-electron chi connectivity index (χ2n) is 9.58. The Kier molecular flexibility index (Phi) is 2.24. The zero-order valence-electron chi connectivity index (χ0n) is 49.1. The first-order chi connectivity index (χ1) is 33.1. The summed E-state index contributed by atoms with van der Waals surface area (Å²) in [6.45, 7) is 0. The van der Waals surface area contributed by atoms with Crippen molar-refractivity contribution < 1.29 is 37.0 Å². The van der Waals surface area contributed by atoms with Gasteiger partial charge in [-0.25, -0.2) is 0 Å². The molecule has 0 heterocycles. The van der Waals surface area contributed by atoms with Gasteiger partial charge in [0.05, 0.1) is 37.0 Å². The standard InChI is InChI=1S/C44H28/c1-3-13-32-26-35(22-20-29(32)10-1)43-39-17-7-8-18-40(39)44(36-23-21-30-11-2-4-14-33(30)27-36)42-28-34(24-25-41(42)43)38-19-9-15-31-12-5-6-16-37(31)38/h1-28H/i1D,2D,3D,4D,5D,6D,7D,8D,9D,10D,11D,12D,13D,14D,15D,16D,17D,18D,19D,20D,21D,22D,23D,25D,26D,27D,28D. The Hall–Kier alpha value is -5.72. The summed E-state index contributed by atoms with van der Waals surface area (Å²) in [6.07, 6.45) is 0. The highest BCUT2D eigenvalue weighted by molar-refractivity contribution is 6.22. The first-order valence-corrected chi connectivity index (χ1v) is 13.1. The van der Waals surface area contributed by atoms with Crippen molar-refractivity contribution in [3.05, 3.63) is 169 Å². The molecule has 0 aromatic heterocycles. The highest BCUT2D eigenvalue weighted by Gasteiger charge is 2.18. The van der Waals surface area contributed by atoms with Crippen molar-refractivity contribution in [3.8, 4) is 33.4 Å². The molecule has 0 nitrogen and oxygen atoms in total. The predicted octanol–water partition coefficient (Wildman–Crippen LogP) is 12.5. The molecular formula is C44H28. The van der Waals surface area contributed by atoms with E-state index in [1.165, 1.54) is 0 Å². The maximum Gasteiger partial charge on any atom is 0.0636 e. The molecule has 0 aliphatic heterocycles. The number of hydrogen-bond donors (Lipinski definition) is 0. The third-order valence-corrected chi connectivity index (χ3v) is 7.14. The van der Waals surface area contributed by atoms with Gasteiger partial charge in [-0.2, -0.15) is 0 Å². The van der Waals surface area contributed by atoms with Crippen molar-refractivity contribution in [3.63, 3.8) is 0 Å². The van der Waals surface area contributed by atoms with Gasteiger partial charge in [0, 0.05) is 0 Å². The SMILES string of the molecule is [2H]c1c([2H])c([2H])c2c([2H])c(-c3c4c([2H])cc(-c5c([2H])c([2H])c([2H])c6c([2H])c([2H])c([2H])c([2H])c56)c([2H])c4c(-c4c([2H])c([2H])c5c([2H])c([2H])c([2H])c([2H])c5c4[2H])c4c([2H])c([2H])c([2H])c([2H])c34)c([2H])c([2H])c2c1[2H]. The van der Waals surface area contributed by atoms with E-state index in [1.54, 1.807) is 0 Å². The normalized spacial score (nSPS) is 20.2. The third kappa shape index (κ3) is 3.92. The molecule has 0 saturated heterocycles. The van der Waals surface area contributed by atoms with Crippen LogP contribution in [0.4, 0.5) is 0 Å². The number of hydrogen-bond acceptors (Lipinski definition) is 0. The van der Waals surface area contributed by atoms with Gasteiger partial charge < -0.3 is 0 Å². The smallest absolute Gasteiger partial charge is 0.0616 e. The molecule has 0 unspecified atom stereocenters. The zero-order valence-corrected chi connectivity index (χ0v) is 22.1. The van der Waals surface area contributed by atoms with Crippen molar-refractivity contribution >= 4 is 53.9 Å². The van der Waals surface area contributed by atoms with Crippen LogP contribution >= 0.6 is 0 Å². The minimum absolute atomic E-state index is 0.569. The van der Waals surface area contributed by atoms with Crippen LogP contribution in [-0.4, -0.2) is 0 Å². The lowest BCUT2D eigenvalue weighted by Gasteiger charge is -2.19. The van der Waals surface area contributed by atoms with Crippen molar-refractivity contribution in [2.24, 2.45) is 0 Å². The fourth-order valence-corrected chi connectivity index (χ4v) is 5.23. The molecule has 44 heavy (non-hydrogen) atoms. The molecule has 204 valence electrons. The van der Waals surface area contributed by atoms with E-state index in [4.69, 9.17) is 26.0 Å². The van der Waals surface area contributed by atoms with Gasteiger partial charge in [-0.3, -0.25) is 0 Å². The topological polar surface area (TPSA) is 0 Å². The van der Waals surface area contributed by atoms with Gasteiger partial charge in [0.2, 0.25) is 0 Å². The second kappa shape index (κ2) is 9.93. The Balaban J connectivity index is 1.69. The van der Waals surface area contributed by atoms with E-state index in [0.29, 0.717) is 0 Å². The lowest BCUT2D eigenvalue weighted by Crippen LogP contribution is -1.92. The number of fused-ring (bicyclic) bond motifs is 5. The molecule has 0 aliphatic carbocycles. The van der Waals surface area contributed by atoms with Crippen LogP contribution in [0.1, 0.15) is 37.0 Å². The van der Waals surface area contributed by atoms with Crippen molar-refractivity contribution in [2.75, 3.05) is 0 Å². The maximum atomic E-state index is 10.1. The molecule has 0 amide bonds. The summed E-state index contributed by atoms with van der Waals surface area (Å²) < 4.78 is 243. The summed E-state index contributed by atoms with van der Waals surface area (Å²) in [5.41, 5.74) is -4.23. The van der Waals surface area contributed by atoms with Gasteiger partial charge in [-0.15, -0.1) is 0 Å². The van der Waals surface area contributed by atoms with Gasteiger partial charge in [-0.05, 0) is 105 Å². The molecule has 0 fully saturated rings. The van der Waals surface area contributed by atoms with E-state index in [-0.39, 0.29) is 0 Å². The lowest BCUT2D eigenvalue weighted by molar-refractivity contribution is 1.66. The highest BCUT2D eigenvalue weighted by atomic mass is 14.2. The van der Waals surface area contributed by atoms with Crippen molar-refractivity contribution in [2.45, 2.75) is 0 Å². The lowest BCUT2D eigenvalue weighted by atomic mass is 9.84. The number of benzene rings is 9. The van der Waals surface area contributed by atoms with Gasteiger partial charge in [0.15, 0.2) is 0 Å². The van der Waals surface area contributed by atoms with Crippen LogP contribution in [0, 0.1) is 0 Å². The molecule has 0 radical (unpaired) electrons. The summed E-state index contributed by atoms with van der Waals surface area (Å²) >= 11 is 0. The highest BCUT2D eigenvalue weighted by Crippen LogP contribution is 2.46. The summed E-state index contributed by atoms with van der Waals surface area (Å²) in [5.74, 6) is 0.